The van der Waals surface area contributed by atoms with Crippen molar-refractivity contribution in [3.05, 3.63) is 46.9 Å². The minimum absolute atomic E-state index is 0.0371. The zero-order valence-corrected chi connectivity index (χ0v) is 18.4. The van der Waals surface area contributed by atoms with Crippen molar-refractivity contribution in [1.82, 2.24) is 4.98 Å². The molecule has 0 atom stereocenters. The highest BCUT2D eigenvalue weighted by Crippen LogP contribution is 2.26. The first-order chi connectivity index (χ1) is 14.6. The fourth-order valence-electron chi connectivity index (χ4n) is 2.93. The van der Waals surface area contributed by atoms with Crippen molar-refractivity contribution >= 4 is 39.0 Å². The molecule has 31 heavy (non-hydrogen) atoms. The second-order valence-electron chi connectivity index (χ2n) is 6.78. The van der Waals surface area contributed by atoms with Crippen LogP contribution >= 0.6 is 0 Å². The Balaban J connectivity index is 2.44. The molecule has 168 valence electrons. The first-order valence-corrected chi connectivity index (χ1v) is 11.3. The van der Waals surface area contributed by atoms with Crippen LogP contribution in [0.3, 0.4) is 0 Å². The molecule has 0 fully saturated rings. The minimum atomic E-state index is -3.74. The predicted molar refractivity (Wildman–Crippen MR) is 119 cm³/mol. The van der Waals surface area contributed by atoms with E-state index in [2.05, 4.69) is 15.0 Å². The van der Waals surface area contributed by atoms with Gasteiger partial charge in [-0.25, -0.2) is 17.8 Å². The maximum Gasteiger partial charge on any atom is 0.259 e. The van der Waals surface area contributed by atoms with Gasteiger partial charge in [0.05, 0.1) is 41.6 Å². The monoisotopic (exact) mass is 451 g/mol. The van der Waals surface area contributed by atoms with Crippen molar-refractivity contribution in [2.24, 2.45) is 0 Å². The van der Waals surface area contributed by atoms with Gasteiger partial charge >= 0.3 is 0 Å². The number of aryl methyl sites for hydroxylation is 1. The molecular weight excluding hydrogens is 425 g/mol. The van der Waals surface area contributed by atoms with Crippen LogP contribution in [0.5, 0.6) is 0 Å². The highest BCUT2D eigenvalue weighted by atomic mass is 32.2. The normalized spacial score (nSPS) is 11.1. The van der Waals surface area contributed by atoms with Gasteiger partial charge in [-0.15, -0.1) is 0 Å². The summed E-state index contributed by atoms with van der Waals surface area (Å²) in [4.78, 5) is 16.9. The number of anilines is 3. The van der Waals surface area contributed by atoms with E-state index in [1.54, 1.807) is 6.92 Å². The third-order valence-electron chi connectivity index (χ3n) is 4.34. The maximum atomic E-state index is 15.2. The summed E-state index contributed by atoms with van der Waals surface area (Å²) >= 11 is 0. The van der Waals surface area contributed by atoms with Crippen molar-refractivity contribution in [2.75, 3.05) is 28.6 Å². The Hall–Kier alpha value is -3.21. The number of methoxy groups -OCH3 is 1. The van der Waals surface area contributed by atoms with Crippen LogP contribution in [-0.2, 0) is 21.2 Å². The largest absolute Gasteiger partial charge is 0.481 e. The molecule has 0 saturated carbocycles. The fourth-order valence-corrected chi connectivity index (χ4v) is 4.07. The Morgan fingerprint density at radius 1 is 1.29 bits per heavy atom. The summed E-state index contributed by atoms with van der Waals surface area (Å²) in [5.41, 5.74) is 5.94. The molecule has 0 saturated heterocycles. The van der Waals surface area contributed by atoms with Gasteiger partial charge in [-0.05, 0) is 30.5 Å². The summed E-state index contributed by atoms with van der Waals surface area (Å²) in [6.45, 7) is 3.57. The Morgan fingerprint density at radius 2 is 2.00 bits per heavy atom. The molecule has 2 aromatic rings. The maximum absolute atomic E-state index is 15.2. The molecule has 2 rings (SSSR count). The average Bonchev–Trinajstić information content (AvgIpc) is 2.71. The Morgan fingerprint density at radius 3 is 2.61 bits per heavy atom. The lowest BCUT2D eigenvalue weighted by atomic mass is 10.0. The molecule has 1 amide bonds. The number of nitrogens with two attached hydrogens (primary N) is 1. The number of hydrogen-bond acceptors (Lipinski definition) is 7. The summed E-state index contributed by atoms with van der Waals surface area (Å²) in [6.07, 6.45) is 2.70. The molecule has 1 aromatic carbocycles. The van der Waals surface area contributed by atoms with Crippen LogP contribution in [0, 0.1) is 11.2 Å². The van der Waals surface area contributed by atoms with Crippen molar-refractivity contribution in [3.63, 3.8) is 0 Å². The van der Waals surface area contributed by atoms with Gasteiger partial charge in [-0.3, -0.25) is 14.9 Å². The standard InChI is InChI=1S/C20H26FN5O4S/c1-4-6-12-7-8-15(26-31(28,29)9-5-2)17(21)16(12)20(27)25-13-10-14(19(23)30-3)18(22)24-11-13/h7-8,10-11,23,26H,4-6,9H2,1-3H3,(H2,22,24)(H,25,27). The van der Waals surface area contributed by atoms with Gasteiger partial charge in [0, 0.05) is 0 Å². The molecule has 0 aliphatic carbocycles. The Kier molecular flexibility index (Phi) is 7.92. The van der Waals surface area contributed by atoms with E-state index in [4.69, 9.17) is 15.9 Å². The second kappa shape index (κ2) is 10.2. The molecular formula is C20H26FN5O4S. The number of carbonyl (C=O) groups is 1. The summed E-state index contributed by atoms with van der Waals surface area (Å²) in [6, 6.07) is 4.23. The zero-order chi connectivity index (χ0) is 23.2. The van der Waals surface area contributed by atoms with E-state index in [0.717, 1.165) is 0 Å². The fraction of sp³-hybridized carbons (Fsp3) is 0.350. The van der Waals surface area contributed by atoms with E-state index in [1.807, 2.05) is 6.92 Å². The number of ether oxygens (including phenoxy) is 1. The first kappa shape index (κ1) is 24.1. The van der Waals surface area contributed by atoms with Crippen LogP contribution in [-0.4, -0.2) is 38.1 Å². The highest BCUT2D eigenvalue weighted by molar-refractivity contribution is 7.92. The molecule has 5 N–H and O–H groups in total. The van der Waals surface area contributed by atoms with Crippen LogP contribution in [0.25, 0.3) is 0 Å². The summed E-state index contributed by atoms with van der Waals surface area (Å²) < 4.78 is 46.4. The van der Waals surface area contributed by atoms with Crippen molar-refractivity contribution in [1.29, 1.82) is 5.41 Å². The third-order valence-corrected chi connectivity index (χ3v) is 5.81. The van der Waals surface area contributed by atoms with Gasteiger partial charge in [0.2, 0.25) is 15.9 Å². The minimum Gasteiger partial charge on any atom is -0.481 e. The number of benzene rings is 1. The van der Waals surface area contributed by atoms with Gasteiger partial charge in [0.15, 0.2) is 5.82 Å². The number of sulfonamides is 1. The van der Waals surface area contributed by atoms with Crippen LogP contribution in [0.1, 0.15) is 48.2 Å². The van der Waals surface area contributed by atoms with Gasteiger partial charge in [-0.1, -0.05) is 26.3 Å². The molecule has 1 heterocycles. The van der Waals surface area contributed by atoms with E-state index in [1.165, 1.54) is 31.5 Å². The van der Waals surface area contributed by atoms with Crippen LogP contribution in [0.4, 0.5) is 21.6 Å². The Labute approximate surface area is 180 Å². The van der Waals surface area contributed by atoms with Crippen molar-refractivity contribution < 1.29 is 22.3 Å². The first-order valence-electron chi connectivity index (χ1n) is 9.65. The lowest BCUT2D eigenvalue weighted by Crippen LogP contribution is -2.21. The zero-order valence-electron chi connectivity index (χ0n) is 17.6. The molecule has 0 spiro atoms. The van der Waals surface area contributed by atoms with E-state index in [0.29, 0.717) is 24.8 Å². The quantitative estimate of drug-likeness (QED) is 0.340. The molecule has 0 bridgehead atoms. The number of nitrogens with zero attached hydrogens (tertiary/aromatic N) is 1. The van der Waals surface area contributed by atoms with Gasteiger partial charge < -0.3 is 15.8 Å². The number of aromatic nitrogens is 1. The SMILES string of the molecule is CCCc1ccc(NS(=O)(=O)CCC)c(F)c1C(=O)Nc1cnc(N)c(C(=N)OC)c1. The molecule has 1 aromatic heterocycles. The number of nitrogen functional groups attached to an aromatic ring is 1. The lowest BCUT2D eigenvalue weighted by molar-refractivity contribution is 0.102. The summed E-state index contributed by atoms with van der Waals surface area (Å²) in [7, 11) is -2.44. The van der Waals surface area contributed by atoms with E-state index in [-0.39, 0.29) is 40.0 Å². The third kappa shape index (κ3) is 5.91. The van der Waals surface area contributed by atoms with Gasteiger partial charge in [-0.2, -0.15) is 0 Å². The molecule has 9 nitrogen and oxygen atoms in total. The number of pyridine rings is 1. The average molecular weight is 452 g/mol. The van der Waals surface area contributed by atoms with Crippen molar-refractivity contribution in [3.8, 4) is 0 Å². The lowest BCUT2D eigenvalue weighted by Gasteiger charge is -2.15. The number of amides is 1. The highest BCUT2D eigenvalue weighted by Gasteiger charge is 2.23. The molecule has 0 aliphatic heterocycles. The van der Waals surface area contributed by atoms with Crippen LogP contribution < -0.4 is 15.8 Å². The predicted octanol–water partition coefficient (Wildman–Crippen LogP) is 3.13. The van der Waals surface area contributed by atoms with Gasteiger partial charge in [0.1, 0.15) is 5.82 Å². The summed E-state index contributed by atoms with van der Waals surface area (Å²) in [5.74, 6) is -2.12. The number of rotatable bonds is 9. The van der Waals surface area contributed by atoms with E-state index < -0.39 is 21.7 Å². The number of nitrogens with one attached hydrogen (secondary N) is 3. The van der Waals surface area contributed by atoms with E-state index >= 15 is 4.39 Å². The topological polar surface area (TPSA) is 147 Å². The molecule has 0 aliphatic rings. The van der Waals surface area contributed by atoms with Crippen LogP contribution in [0.15, 0.2) is 24.4 Å². The second-order valence-corrected chi connectivity index (χ2v) is 8.62. The molecule has 0 radical (unpaired) electrons. The number of hydrogen-bond donors (Lipinski definition) is 4. The Bertz CT molecular complexity index is 1090. The van der Waals surface area contributed by atoms with Gasteiger partial charge in [0.25, 0.3) is 5.91 Å². The van der Waals surface area contributed by atoms with Crippen molar-refractivity contribution in [2.45, 2.75) is 33.1 Å². The smallest absolute Gasteiger partial charge is 0.259 e. The summed E-state index contributed by atoms with van der Waals surface area (Å²) in [5, 5.41) is 10.3. The van der Waals surface area contributed by atoms with E-state index in [9.17, 15) is 13.2 Å². The molecule has 11 heteroatoms. The molecule has 0 unspecified atom stereocenters. The van der Waals surface area contributed by atoms with Crippen LogP contribution in [0.2, 0.25) is 0 Å². The number of halogens is 1. The number of carbonyl (C=O) groups excluding carboxylic acids is 1.